The fourth-order valence-electron chi connectivity index (χ4n) is 2.11. The molecule has 1 N–H and O–H groups in total. The topological polar surface area (TPSA) is 20.2 Å². The van der Waals surface area contributed by atoms with Gasteiger partial charge in [-0.3, -0.25) is 0 Å². The van der Waals surface area contributed by atoms with Crippen molar-refractivity contribution >= 4 is 12.6 Å². The van der Waals surface area contributed by atoms with Crippen molar-refractivity contribution in [3.8, 4) is 0 Å². The summed E-state index contributed by atoms with van der Waals surface area (Å²) in [7, 11) is 0. The average Bonchev–Trinajstić information content (AvgIpc) is 2.52. The van der Waals surface area contributed by atoms with E-state index in [4.69, 9.17) is 0 Å². The monoisotopic (exact) mass is 212 g/mol. The van der Waals surface area contributed by atoms with Gasteiger partial charge in [-0.2, -0.15) is 0 Å². The molecule has 76 valence electrons. The van der Waals surface area contributed by atoms with Gasteiger partial charge in [0.2, 0.25) is 0 Å². The maximum absolute atomic E-state index is 13.5. The van der Waals surface area contributed by atoms with Gasteiger partial charge in [-0.05, 0) is 25.0 Å². The molecule has 1 aliphatic carbocycles. The molecule has 0 atom stereocenters. The molecule has 0 aliphatic heterocycles. The van der Waals surface area contributed by atoms with Crippen molar-refractivity contribution in [1.29, 1.82) is 0 Å². The standard InChI is InChI=1S/C11H13FOS/c12-10-7-8(14)3-4-9(10)11(13)5-1-2-6-11/h3-4,7,13-14H,1-2,5-6H2. The molecule has 1 fully saturated rings. The van der Waals surface area contributed by atoms with E-state index in [-0.39, 0.29) is 5.82 Å². The van der Waals surface area contributed by atoms with Gasteiger partial charge in [-0.25, -0.2) is 4.39 Å². The fraction of sp³-hybridized carbons (Fsp3) is 0.455. The predicted molar refractivity (Wildman–Crippen MR) is 56.0 cm³/mol. The summed E-state index contributed by atoms with van der Waals surface area (Å²) in [5.74, 6) is -0.345. The Bertz CT molecular complexity index is 345. The summed E-state index contributed by atoms with van der Waals surface area (Å²) in [4.78, 5) is 0.591. The second-order valence-corrected chi connectivity index (χ2v) is 4.42. The molecule has 14 heavy (non-hydrogen) atoms. The summed E-state index contributed by atoms with van der Waals surface area (Å²) in [5.41, 5.74) is -0.515. The lowest BCUT2D eigenvalue weighted by Crippen LogP contribution is -2.22. The lowest BCUT2D eigenvalue weighted by Gasteiger charge is -2.23. The molecule has 0 unspecified atom stereocenters. The Balaban J connectivity index is 2.40. The zero-order valence-corrected chi connectivity index (χ0v) is 8.73. The van der Waals surface area contributed by atoms with Gasteiger partial charge in [0, 0.05) is 10.5 Å². The molecule has 3 heteroatoms. The highest BCUT2D eigenvalue weighted by molar-refractivity contribution is 7.80. The molecular formula is C11H13FOS. The molecule has 0 saturated heterocycles. The summed E-state index contributed by atoms with van der Waals surface area (Å²) >= 11 is 4.05. The molecule has 1 aliphatic rings. The van der Waals surface area contributed by atoms with Crippen LogP contribution in [-0.4, -0.2) is 5.11 Å². The van der Waals surface area contributed by atoms with Gasteiger partial charge in [0.25, 0.3) is 0 Å². The zero-order chi connectivity index (χ0) is 10.2. The van der Waals surface area contributed by atoms with Crippen LogP contribution in [0.1, 0.15) is 31.2 Å². The molecule has 0 spiro atoms. The molecule has 2 rings (SSSR count). The van der Waals surface area contributed by atoms with Gasteiger partial charge in [-0.15, -0.1) is 12.6 Å². The minimum Gasteiger partial charge on any atom is -0.385 e. The van der Waals surface area contributed by atoms with E-state index < -0.39 is 5.60 Å². The van der Waals surface area contributed by atoms with Crippen LogP contribution in [-0.2, 0) is 5.60 Å². The van der Waals surface area contributed by atoms with E-state index in [2.05, 4.69) is 12.6 Å². The van der Waals surface area contributed by atoms with Crippen LogP contribution in [0.3, 0.4) is 0 Å². The average molecular weight is 212 g/mol. The fourth-order valence-corrected chi connectivity index (χ4v) is 2.30. The van der Waals surface area contributed by atoms with Crippen molar-refractivity contribution in [3.05, 3.63) is 29.6 Å². The van der Waals surface area contributed by atoms with E-state index >= 15 is 0 Å². The molecule has 1 saturated carbocycles. The minimum absolute atomic E-state index is 0.345. The molecule has 0 bridgehead atoms. The third-order valence-electron chi connectivity index (χ3n) is 2.88. The molecule has 1 nitrogen and oxygen atoms in total. The first-order valence-corrected chi connectivity index (χ1v) is 5.28. The van der Waals surface area contributed by atoms with E-state index in [1.807, 2.05) is 0 Å². The van der Waals surface area contributed by atoms with Crippen molar-refractivity contribution in [1.82, 2.24) is 0 Å². The number of hydrogen-bond donors (Lipinski definition) is 2. The lowest BCUT2D eigenvalue weighted by molar-refractivity contribution is 0.0407. The number of benzene rings is 1. The van der Waals surface area contributed by atoms with Gasteiger partial charge in [0.1, 0.15) is 5.82 Å². The second kappa shape index (κ2) is 3.55. The molecule has 0 aromatic heterocycles. The van der Waals surface area contributed by atoms with E-state index in [9.17, 15) is 9.50 Å². The van der Waals surface area contributed by atoms with Crippen LogP contribution in [0.15, 0.2) is 23.1 Å². The number of halogens is 1. The number of aliphatic hydroxyl groups is 1. The highest BCUT2D eigenvalue weighted by atomic mass is 32.1. The quantitative estimate of drug-likeness (QED) is 0.686. The molecule has 1 aromatic carbocycles. The maximum atomic E-state index is 13.5. The van der Waals surface area contributed by atoms with Crippen LogP contribution in [0.5, 0.6) is 0 Å². The lowest BCUT2D eigenvalue weighted by atomic mass is 9.92. The third-order valence-corrected chi connectivity index (χ3v) is 3.16. The van der Waals surface area contributed by atoms with Crippen LogP contribution in [0.25, 0.3) is 0 Å². The van der Waals surface area contributed by atoms with Crippen molar-refractivity contribution in [2.75, 3.05) is 0 Å². The molecule has 0 amide bonds. The smallest absolute Gasteiger partial charge is 0.130 e. The SMILES string of the molecule is OC1(c2ccc(S)cc2F)CCCC1. The van der Waals surface area contributed by atoms with Crippen molar-refractivity contribution in [3.63, 3.8) is 0 Å². The zero-order valence-electron chi connectivity index (χ0n) is 7.83. The highest BCUT2D eigenvalue weighted by Gasteiger charge is 2.35. The third kappa shape index (κ3) is 1.66. The summed E-state index contributed by atoms with van der Waals surface area (Å²) < 4.78 is 13.5. The molecule has 0 heterocycles. The first kappa shape index (κ1) is 9.99. The molecular weight excluding hydrogens is 199 g/mol. The van der Waals surface area contributed by atoms with Crippen LogP contribution < -0.4 is 0 Å². The largest absolute Gasteiger partial charge is 0.385 e. The maximum Gasteiger partial charge on any atom is 0.130 e. The number of rotatable bonds is 1. The molecule has 0 radical (unpaired) electrons. The Morgan fingerprint density at radius 2 is 1.93 bits per heavy atom. The minimum atomic E-state index is -0.939. The summed E-state index contributed by atoms with van der Waals surface area (Å²) in [6, 6.07) is 4.72. The summed E-state index contributed by atoms with van der Waals surface area (Å²) in [6.45, 7) is 0. The van der Waals surface area contributed by atoms with Gasteiger partial charge >= 0.3 is 0 Å². The van der Waals surface area contributed by atoms with Gasteiger partial charge < -0.3 is 5.11 Å². The Morgan fingerprint density at radius 1 is 1.29 bits per heavy atom. The van der Waals surface area contributed by atoms with Gasteiger partial charge in [0.05, 0.1) is 5.60 Å². The summed E-state index contributed by atoms with van der Waals surface area (Å²) in [5, 5.41) is 10.2. The normalized spacial score (nSPS) is 19.9. The Hall–Kier alpha value is -0.540. The van der Waals surface area contributed by atoms with E-state index in [1.54, 1.807) is 12.1 Å². The van der Waals surface area contributed by atoms with Crippen LogP contribution in [0.2, 0.25) is 0 Å². The van der Waals surface area contributed by atoms with Crippen molar-refractivity contribution < 1.29 is 9.50 Å². The first-order chi connectivity index (χ1) is 6.62. The van der Waals surface area contributed by atoms with Crippen LogP contribution in [0.4, 0.5) is 4.39 Å². The van der Waals surface area contributed by atoms with Crippen LogP contribution in [0, 0.1) is 5.82 Å². The van der Waals surface area contributed by atoms with Gasteiger partial charge in [-0.1, -0.05) is 18.9 Å². The highest BCUT2D eigenvalue weighted by Crippen LogP contribution is 2.39. The number of thiol groups is 1. The second-order valence-electron chi connectivity index (χ2n) is 3.90. The Labute approximate surface area is 88.4 Å². The van der Waals surface area contributed by atoms with Crippen molar-refractivity contribution in [2.45, 2.75) is 36.2 Å². The van der Waals surface area contributed by atoms with E-state index in [0.29, 0.717) is 23.3 Å². The van der Waals surface area contributed by atoms with Crippen molar-refractivity contribution in [2.24, 2.45) is 0 Å². The predicted octanol–water partition coefficient (Wildman–Crippen LogP) is 2.88. The number of hydrogen-bond acceptors (Lipinski definition) is 2. The van der Waals surface area contributed by atoms with E-state index in [1.165, 1.54) is 6.07 Å². The van der Waals surface area contributed by atoms with Crippen LogP contribution >= 0.6 is 12.6 Å². The Morgan fingerprint density at radius 3 is 2.50 bits per heavy atom. The van der Waals surface area contributed by atoms with E-state index in [0.717, 1.165) is 12.8 Å². The molecule has 1 aromatic rings. The first-order valence-electron chi connectivity index (χ1n) is 4.83. The summed E-state index contributed by atoms with van der Waals surface area (Å²) in [6.07, 6.45) is 3.27. The van der Waals surface area contributed by atoms with Gasteiger partial charge in [0.15, 0.2) is 0 Å². The Kier molecular flexibility index (Phi) is 2.54.